The number of aliphatic hydroxyl groups is 1. The average Bonchev–Trinajstić information content (AvgIpc) is 2.86. The van der Waals surface area contributed by atoms with Gasteiger partial charge in [-0.2, -0.15) is 0 Å². The van der Waals surface area contributed by atoms with E-state index in [-0.39, 0.29) is 42.6 Å². The zero-order valence-corrected chi connectivity index (χ0v) is 22.9. The van der Waals surface area contributed by atoms with Gasteiger partial charge in [-0.1, -0.05) is 44.2 Å². The van der Waals surface area contributed by atoms with Gasteiger partial charge in [-0.3, -0.25) is 0 Å². The zero-order valence-electron chi connectivity index (χ0n) is 22.9. The van der Waals surface area contributed by atoms with Crippen molar-refractivity contribution in [2.24, 2.45) is 5.92 Å². The lowest BCUT2D eigenvalue weighted by Gasteiger charge is -2.25. The molecule has 0 saturated heterocycles. The molecule has 0 aliphatic carbocycles. The van der Waals surface area contributed by atoms with Gasteiger partial charge < -0.3 is 25.0 Å². The molecule has 3 aromatic carbocycles. The van der Waals surface area contributed by atoms with Crippen molar-refractivity contribution in [3.8, 4) is 11.5 Å². The highest BCUT2D eigenvalue weighted by atomic mass is 19.1. The van der Waals surface area contributed by atoms with E-state index in [4.69, 9.17) is 9.47 Å². The summed E-state index contributed by atoms with van der Waals surface area (Å²) in [5, 5.41) is 23.3. The summed E-state index contributed by atoms with van der Waals surface area (Å²) in [6, 6.07) is 15.8. The van der Waals surface area contributed by atoms with Crippen LogP contribution >= 0.6 is 0 Å². The SMILES string of the molecule is Cc1ccc(C(NC[C@H](O)COC(C)c2ccccc2Oc2c(C)cc(C(=O)O)cc2C)C(C)C)cc1F. The molecule has 3 atom stereocenters. The second-order valence-corrected chi connectivity index (χ2v) is 10.2. The van der Waals surface area contributed by atoms with Gasteiger partial charge in [0.15, 0.2) is 0 Å². The molecule has 0 saturated carbocycles. The summed E-state index contributed by atoms with van der Waals surface area (Å²) in [5.74, 6) is 0.180. The Morgan fingerprint density at radius 1 is 0.974 bits per heavy atom. The van der Waals surface area contributed by atoms with Crippen LogP contribution in [-0.4, -0.2) is 35.4 Å². The molecule has 0 radical (unpaired) electrons. The number of benzene rings is 3. The zero-order chi connectivity index (χ0) is 28.0. The number of halogens is 1. The molecule has 0 aromatic heterocycles. The van der Waals surface area contributed by atoms with Gasteiger partial charge in [-0.15, -0.1) is 0 Å². The predicted octanol–water partition coefficient (Wildman–Crippen LogP) is 6.67. The molecule has 2 unspecified atom stereocenters. The maximum Gasteiger partial charge on any atom is 0.335 e. The van der Waals surface area contributed by atoms with Crippen LogP contribution in [0.4, 0.5) is 4.39 Å². The number of carboxylic acids is 1. The quantitative estimate of drug-likeness (QED) is 0.246. The van der Waals surface area contributed by atoms with Crippen molar-refractivity contribution in [3.63, 3.8) is 0 Å². The highest BCUT2D eigenvalue weighted by Crippen LogP contribution is 2.35. The van der Waals surface area contributed by atoms with Gasteiger partial charge in [0.2, 0.25) is 0 Å². The number of ether oxygens (including phenoxy) is 2. The number of aliphatic hydroxyl groups excluding tert-OH is 1. The standard InChI is InChI=1S/C31H38FNO5/c1-18(2)29(23-12-11-19(3)27(32)15-23)33-16-25(34)17-37-22(6)26-9-7-8-10-28(26)38-30-20(4)13-24(31(35)36)14-21(30)5/h7-15,18,22,25,29,33-34H,16-17H2,1-6H3,(H,35,36)/t22?,25-,29?/m0/s1. The lowest BCUT2D eigenvalue weighted by molar-refractivity contribution is -0.00406. The first kappa shape index (κ1) is 29.3. The van der Waals surface area contributed by atoms with Crippen LogP contribution in [0.15, 0.2) is 54.6 Å². The highest BCUT2D eigenvalue weighted by molar-refractivity contribution is 5.88. The summed E-state index contributed by atoms with van der Waals surface area (Å²) < 4.78 is 26.3. The number of aromatic carboxylic acids is 1. The molecule has 3 N–H and O–H groups in total. The minimum Gasteiger partial charge on any atom is -0.478 e. The van der Waals surface area contributed by atoms with Crippen molar-refractivity contribution in [2.45, 2.75) is 59.8 Å². The van der Waals surface area contributed by atoms with Crippen LogP contribution in [0, 0.1) is 32.5 Å². The van der Waals surface area contributed by atoms with Crippen molar-refractivity contribution in [1.29, 1.82) is 0 Å². The number of aryl methyl sites for hydroxylation is 3. The Balaban J connectivity index is 1.64. The fourth-order valence-corrected chi connectivity index (χ4v) is 4.46. The molecule has 0 aliphatic heterocycles. The second kappa shape index (κ2) is 13.0. The number of carbonyl (C=O) groups is 1. The first-order valence-electron chi connectivity index (χ1n) is 12.9. The topological polar surface area (TPSA) is 88.0 Å². The summed E-state index contributed by atoms with van der Waals surface area (Å²) in [4.78, 5) is 11.4. The molecule has 0 fully saturated rings. The number of carboxylic acid groups (broad SMARTS) is 1. The van der Waals surface area contributed by atoms with Crippen LogP contribution in [0.1, 0.15) is 71.1 Å². The van der Waals surface area contributed by atoms with E-state index in [2.05, 4.69) is 19.2 Å². The van der Waals surface area contributed by atoms with Crippen molar-refractivity contribution >= 4 is 5.97 Å². The third kappa shape index (κ3) is 7.40. The highest BCUT2D eigenvalue weighted by Gasteiger charge is 2.20. The predicted molar refractivity (Wildman–Crippen MR) is 146 cm³/mol. The van der Waals surface area contributed by atoms with E-state index >= 15 is 0 Å². The second-order valence-electron chi connectivity index (χ2n) is 10.2. The third-order valence-electron chi connectivity index (χ3n) is 6.61. The summed E-state index contributed by atoms with van der Waals surface area (Å²) in [6.45, 7) is 11.7. The Morgan fingerprint density at radius 2 is 1.63 bits per heavy atom. The van der Waals surface area contributed by atoms with Gasteiger partial charge in [-0.25, -0.2) is 9.18 Å². The average molecular weight is 524 g/mol. The molecule has 38 heavy (non-hydrogen) atoms. The molecule has 0 aliphatic rings. The van der Waals surface area contributed by atoms with Crippen molar-refractivity contribution in [2.75, 3.05) is 13.2 Å². The third-order valence-corrected chi connectivity index (χ3v) is 6.61. The summed E-state index contributed by atoms with van der Waals surface area (Å²) >= 11 is 0. The normalized spacial score (nSPS) is 13.8. The molecular weight excluding hydrogens is 485 g/mol. The largest absolute Gasteiger partial charge is 0.478 e. The number of hydrogen-bond acceptors (Lipinski definition) is 5. The Labute approximate surface area is 224 Å². The van der Waals surface area contributed by atoms with E-state index in [0.29, 0.717) is 17.1 Å². The minimum atomic E-state index is -0.982. The molecule has 6 nitrogen and oxygen atoms in total. The smallest absolute Gasteiger partial charge is 0.335 e. The van der Waals surface area contributed by atoms with Crippen LogP contribution in [0.5, 0.6) is 11.5 Å². The van der Waals surface area contributed by atoms with Gasteiger partial charge in [0, 0.05) is 18.2 Å². The van der Waals surface area contributed by atoms with Crippen LogP contribution < -0.4 is 10.1 Å². The molecular formula is C31H38FNO5. The molecule has 0 spiro atoms. The fraction of sp³-hybridized carbons (Fsp3) is 0.387. The Morgan fingerprint density at radius 3 is 2.24 bits per heavy atom. The maximum absolute atomic E-state index is 14.1. The van der Waals surface area contributed by atoms with Gasteiger partial charge in [-0.05, 0) is 80.1 Å². The lowest BCUT2D eigenvalue weighted by atomic mass is 9.95. The Bertz CT molecular complexity index is 1240. The summed E-state index contributed by atoms with van der Waals surface area (Å²) in [7, 11) is 0. The van der Waals surface area contributed by atoms with Crippen LogP contribution in [0.25, 0.3) is 0 Å². The number of rotatable bonds is 12. The van der Waals surface area contributed by atoms with Crippen LogP contribution in [0.2, 0.25) is 0 Å². The van der Waals surface area contributed by atoms with Crippen molar-refractivity contribution in [1.82, 2.24) is 5.32 Å². The van der Waals surface area contributed by atoms with Gasteiger partial charge >= 0.3 is 5.97 Å². The fourth-order valence-electron chi connectivity index (χ4n) is 4.46. The van der Waals surface area contributed by atoms with Gasteiger partial charge in [0.1, 0.15) is 17.3 Å². The molecule has 204 valence electrons. The summed E-state index contributed by atoms with van der Waals surface area (Å²) in [5.41, 5.74) is 3.92. The molecule has 7 heteroatoms. The summed E-state index contributed by atoms with van der Waals surface area (Å²) in [6.07, 6.45) is -1.14. The van der Waals surface area contributed by atoms with E-state index in [1.54, 1.807) is 31.2 Å². The Hall–Kier alpha value is -3.26. The molecule has 3 aromatic rings. The van der Waals surface area contributed by atoms with Gasteiger partial charge in [0.25, 0.3) is 0 Å². The number of hydrogen-bond donors (Lipinski definition) is 3. The first-order valence-corrected chi connectivity index (χ1v) is 12.9. The maximum atomic E-state index is 14.1. The van der Waals surface area contributed by atoms with Crippen LogP contribution in [0.3, 0.4) is 0 Å². The van der Waals surface area contributed by atoms with Crippen LogP contribution in [-0.2, 0) is 4.74 Å². The first-order chi connectivity index (χ1) is 18.0. The lowest BCUT2D eigenvalue weighted by Crippen LogP contribution is -2.35. The Kier molecular flexibility index (Phi) is 10.0. The molecule has 0 bridgehead atoms. The van der Waals surface area contributed by atoms with Crippen molar-refractivity contribution in [3.05, 3.63) is 93.8 Å². The number of para-hydroxylation sites is 1. The van der Waals surface area contributed by atoms with E-state index in [1.807, 2.05) is 51.1 Å². The molecule has 3 rings (SSSR count). The van der Waals surface area contributed by atoms with E-state index in [9.17, 15) is 19.4 Å². The molecule has 0 heterocycles. The monoisotopic (exact) mass is 523 g/mol. The number of nitrogens with one attached hydrogen (secondary N) is 1. The van der Waals surface area contributed by atoms with Crippen molar-refractivity contribution < 1.29 is 28.9 Å². The van der Waals surface area contributed by atoms with E-state index in [1.165, 1.54) is 0 Å². The van der Waals surface area contributed by atoms with E-state index < -0.39 is 12.1 Å². The van der Waals surface area contributed by atoms with Gasteiger partial charge in [0.05, 0.1) is 24.4 Å². The van der Waals surface area contributed by atoms with E-state index in [0.717, 1.165) is 22.3 Å². The molecule has 0 amide bonds. The minimum absolute atomic E-state index is 0.0982.